The van der Waals surface area contributed by atoms with Gasteiger partial charge in [0.1, 0.15) is 24.2 Å². The highest BCUT2D eigenvalue weighted by Crippen LogP contribution is 2.36. The highest BCUT2D eigenvalue weighted by Gasteiger charge is 2.16. The summed E-state index contributed by atoms with van der Waals surface area (Å²) in [7, 11) is 1.66. The van der Waals surface area contributed by atoms with Gasteiger partial charge in [-0.15, -0.1) is 10.2 Å². The topological polar surface area (TPSA) is 103 Å². The zero-order valence-corrected chi connectivity index (χ0v) is 16.9. The van der Waals surface area contributed by atoms with Crippen LogP contribution in [0.2, 0.25) is 0 Å². The lowest BCUT2D eigenvalue weighted by Gasteiger charge is -2.17. The molecule has 1 N–H and O–H groups in total. The molecule has 1 unspecified atom stereocenters. The minimum absolute atomic E-state index is 0.308. The zero-order chi connectivity index (χ0) is 21.2. The van der Waals surface area contributed by atoms with Crippen LogP contribution in [0.3, 0.4) is 0 Å². The normalized spacial score (nSPS) is 12.1. The Morgan fingerprint density at radius 3 is 2.61 bits per heavy atom. The van der Waals surface area contributed by atoms with Crippen LogP contribution in [-0.2, 0) is 0 Å². The molecule has 0 saturated carbocycles. The Morgan fingerprint density at radius 1 is 1.00 bits per heavy atom. The third kappa shape index (κ3) is 3.68. The van der Waals surface area contributed by atoms with Gasteiger partial charge in [-0.1, -0.05) is 18.2 Å². The number of hydrogen-bond donors (Lipinski definition) is 1. The molecular weight excluding hydrogens is 394 g/mol. The number of benzene rings is 2. The predicted octanol–water partition coefficient (Wildman–Crippen LogP) is 3.73. The molecule has 0 amide bonds. The molecule has 0 saturated heterocycles. The van der Waals surface area contributed by atoms with E-state index in [1.807, 2.05) is 49.4 Å². The van der Waals surface area contributed by atoms with Gasteiger partial charge in [-0.2, -0.15) is 10.2 Å². The Kier molecular flexibility index (Phi) is 4.75. The van der Waals surface area contributed by atoms with Crippen molar-refractivity contribution < 1.29 is 9.47 Å². The van der Waals surface area contributed by atoms with Gasteiger partial charge < -0.3 is 9.47 Å². The summed E-state index contributed by atoms with van der Waals surface area (Å²) in [6.45, 7) is 1.92. The van der Waals surface area contributed by atoms with E-state index in [4.69, 9.17) is 9.47 Å². The lowest BCUT2D eigenvalue weighted by Crippen LogP contribution is -2.06. The molecular formula is C22H19N7O2. The van der Waals surface area contributed by atoms with E-state index in [2.05, 4.69) is 36.5 Å². The number of hydrogen-bond acceptors (Lipinski definition) is 7. The van der Waals surface area contributed by atoms with Gasteiger partial charge in [-0.25, -0.2) is 9.50 Å². The number of aromatic amines is 1. The Balaban J connectivity index is 1.59. The van der Waals surface area contributed by atoms with Gasteiger partial charge in [-0.05, 0) is 48.4 Å². The van der Waals surface area contributed by atoms with Crippen LogP contribution in [0.25, 0.3) is 27.9 Å². The fourth-order valence-corrected chi connectivity index (χ4v) is 3.35. The van der Waals surface area contributed by atoms with Gasteiger partial charge in [-0.3, -0.25) is 5.10 Å². The largest absolute Gasteiger partial charge is 0.497 e. The number of rotatable bonds is 6. The first-order valence-corrected chi connectivity index (χ1v) is 9.68. The maximum atomic E-state index is 6.24. The minimum Gasteiger partial charge on any atom is -0.497 e. The maximum absolute atomic E-state index is 6.24. The SMILES string of the molecule is COc1ccc(-c2ccc(OC(C)c3ncn[nH]3)c(-c3cnn4cnnc4c3)c2)cc1. The summed E-state index contributed by atoms with van der Waals surface area (Å²) in [6.07, 6.45) is 4.50. The molecule has 3 heterocycles. The number of H-pyrrole nitrogens is 1. The molecule has 9 heteroatoms. The minimum atomic E-state index is -0.308. The van der Waals surface area contributed by atoms with Crippen molar-refractivity contribution in [3.63, 3.8) is 0 Å². The molecule has 0 fully saturated rings. The summed E-state index contributed by atoms with van der Waals surface area (Å²) >= 11 is 0. The second-order valence-corrected chi connectivity index (χ2v) is 6.95. The smallest absolute Gasteiger partial charge is 0.178 e. The fourth-order valence-electron chi connectivity index (χ4n) is 3.35. The molecule has 0 aliphatic heterocycles. The number of fused-ring (bicyclic) bond motifs is 1. The summed E-state index contributed by atoms with van der Waals surface area (Å²) in [5, 5.41) is 19.2. The van der Waals surface area contributed by atoms with Crippen LogP contribution < -0.4 is 9.47 Å². The summed E-state index contributed by atoms with van der Waals surface area (Å²) < 4.78 is 13.1. The molecule has 0 spiro atoms. The van der Waals surface area contributed by atoms with Gasteiger partial charge >= 0.3 is 0 Å². The van der Waals surface area contributed by atoms with Crippen LogP contribution in [0.5, 0.6) is 11.5 Å². The first-order chi connectivity index (χ1) is 15.2. The van der Waals surface area contributed by atoms with Gasteiger partial charge in [0.15, 0.2) is 17.6 Å². The van der Waals surface area contributed by atoms with Gasteiger partial charge in [0.05, 0.1) is 13.3 Å². The van der Waals surface area contributed by atoms with Crippen molar-refractivity contribution in [1.82, 2.24) is 35.0 Å². The van der Waals surface area contributed by atoms with Crippen molar-refractivity contribution in [2.75, 3.05) is 7.11 Å². The third-order valence-corrected chi connectivity index (χ3v) is 5.00. The average Bonchev–Trinajstić information content (AvgIpc) is 3.51. The Bertz CT molecular complexity index is 1310. The number of nitrogens with one attached hydrogen (secondary N) is 1. The van der Waals surface area contributed by atoms with E-state index < -0.39 is 0 Å². The van der Waals surface area contributed by atoms with Crippen molar-refractivity contribution >= 4 is 5.65 Å². The third-order valence-electron chi connectivity index (χ3n) is 5.00. The molecule has 0 aliphatic carbocycles. The molecule has 3 aromatic heterocycles. The second-order valence-electron chi connectivity index (χ2n) is 6.95. The van der Waals surface area contributed by atoms with Crippen molar-refractivity contribution in [3.05, 3.63) is 73.2 Å². The summed E-state index contributed by atoms with van der Waals surface area (Å²) in [5.74, 6) is 2.16. The first-order valence-electron chi connectivity index (χ1n) is 9.68. The molecule has 0 radical (unpaired) electrons. The van der Waals surface area contributed by atoms with E-state index in [9.17, 15) is 0 Å². The van der Waals surface area contributed by atoms with E-state index in [0.29, 0.717) is 17.2 Å². The lowest BCUT2D eigenvalue weighted by atomic mass is 9.99. The molecule has 9 nitrogen and oxygen atoms in total. The van der Waals surface area contributed by atoms with Crippen LogP contribution in [0.1, 0.15) is 18.9 Å². The van der Waals surface area contributed by atoms with Crippen LogP contribution in [-0.4, -0.2) is 42.1 Å². The van der Waals surface area contributed by atoms with E-state index in [0.717, 1.165) is 28.0 Å². The fraction of sp³-hybridized carbons (Fsp3) is 0.136. The van der Waals surface area contributed by atoms with Crippen LogP contribution in [0.15, 0.2) is 67.4 Å². The van der Waals surface area contributed by atoms with Crippen molar-refractivity contribution in [2.45, 2.75) is 13.0 Å². The molecule has 1 atom stereocenters. The maximum Gasteiger partial charge on any atom is 0.178 e. The predicted molar refractivity (Wildman–Crippen MR) is 114 cm³/mol. The van der Waals surface area contributed by atoms with Crippen molar-refractivity contribution in [2.24, 2.45) is 0 Å². The number of ether oxygens (including phenoxy) is 2. The molecule has 5 aromatic rings. The average molecular weight is 413 g/mol. The molecule has 2 aromatic carbocycles. The molecule has 154 valence electrons. The van der Waals surface area contributed by atoms with Crippen molar-refractivity contribution in [3.8, 4) is 33.8 Å². The van der Waals surface area contributed by atoms with Crippen molar-refractivity contribution in [1.29, 1.82) is 0 Å². The number of aromatic nitrogens is 7. The molecule has 0 aliphatic rings. The van der Waals surface area contributed by atoms with Crippen LogP contribution in [0, 0.1) is 0 Å². The monoisotopic (exact) mass is 413 g/mol. The van der Waals surface area contributed by atoms with Gasteiger partial charge in [0.2, 0.25) is 0 Å². The molecule has 0 bridgehead atoms. The second kappa shape index (κ2) is 7.86. The number of nitrogens with zero attached hydrogens (tertiary/aromatic N) is 6. The Morgan fingerprint density at radius 2 is 1.84 bits per heavy atom. The Labute approximate surface area is 177 Å². The van der Waals surface area contributed by atoms with Gasteiger partial charge in [0, 0.05) is 11.1 Å². The summed E-state index contributed by atoms with van der Waals surface area (Å²) in [4.78, 5) is 4.19. The highest BCUT2D eigenvalue weighted by atomic mass is 16.5. The van der Waals surface area contributed by atoms with Gasteiger partial charge in [0.25, 0.3) is 0 Å². The van der Waals surface area contributed by atoms with E-state index >= 15 is 0 Å². The zero-order valence-electron chi connectivity index (χ0n) is 16.9. The highest BCUT2D eigenvalue weighted by molar-refractivity contribution is 5.78. The summed E-state index contributed by atoms with van der Waals surface area (Å²) in [6, 6.07) is 15.9. The quantitative estimate of drug-likeness (QED) is 0.452. The van der Waals surface area contributed by atoms with Crippen LogP contribution >= 0.6 is 0 Å². The van der Waals surface area contributed by atoms with E-state index in [-0.39, 0.29) is 6.10 Å². The van der Waals surface area contributed by atoms with Crippen LogP contribution in [0.4, 0.5) is 0 Å². The Hall–Kier alpha value is -4.27. The number of methoxy groups -OCH3 is 1. The first kappa shape index (κ1) is 18.7. The summed E-state index contributed by atoms with van der Waals surface area (Å²) in [5.41, 5.74) is 4.52. The molecule has 5 rings (SSSR count). The standard InChI is InChI=1S/C22H19N7O2/c1-14(22-23-12-24-28-22)31-20-8-5-16(15-3-6-18(30-2)7-4-15)9-19(20)17-10-21-27-25-13-29(21)26-11-17/h3-14H,1-2H3,(H,23,24,28). The lowest BCUT2D eigenvalue weighted by molar-refractivity contribution is 0.218. The van der Waals surface area contributed by atoms with E-state index in [1.54, 1.807) is 24.1 Å². The molecule has 31 heavy (non-hydrogen) atoms. The van der Waals surface area contributed by atoms with E-state index in [1.165, 1.54) is 6.33 Å².